The van der Waals surface area contributed by atoms with Crippen molar-refractivity contribution in [3.8, 4) is 5.69 Å². The average Bonchev–Trinajstić information content (AvgIpc) is 2.98. The Bertz CT molecular complexity index is 734. The summed E-state index contributed by atoms with van der Waals surface area (Å²) in [6.45, 7) is 3.37. The van der Waals surface area contributed by atoms with E-state index in [2.05, 4.69) is 17.2 Å². The Morgan fingerprint density at radius 3 is 2.92 bits per heavy atom. The Balaban J connectivity index is 0.00000225. The van der Waals surface area contributed by atoms with E-state index in [-0.39, 0.29) is 24.4 Å². The maximum Gasteiger partial charge on any atom is 0.276 e. The molecule has 1 aromatic carbocycles. The molecular formula is C17H23Cl2N5O. The maximum atomic E-state index is 12.9. The molecule has 6 nitrogen and oxygen atoms in total. The molecule has 0 radical (unpaired) electrons. The Morgan fingerprint density at radius 1 is 1.44 bits per heavy atom. The predicted molar refractivity (Wildman–Crippen MR) is 101 cm³/mol. The van der Waals surface area contributed by atoms with Gasteiger partial charge in [0.25, 0.3) is 5.91 Å². The molecule has 1 aliphatic heterocycles. The number of halogens is 2. The van der Waals surface area contributed by atoms with Crippen molar-refractivity contribution in [1.82, 2.24) is 19.9 Å². The first-order chi connectivity index (χ1) is 11.6. The summed E-state index contributed by atoms with van der Waals surface area (Å²) in [5.74, 6) is -0.0816. The highest BCUT2D eigenvalue weighted by Crippen LogP contribution is 2.20. The van der Waals surface area contributed by atoms with E-state index < -0.39 is 0 Å². The molecule has 2 aromatic rings. The van der Waals surface area contributed by atoms with Gasteiger partial charge in [-0.25, -0.2) is 4.68 Å². The summed E-state index contributed by atoms with van der Waals surface area (Å²) < 4.78 is 1.71. The van der Waals surface area contributed by atoms with Gasteiger partial charge in [0.2, 0.25) is 0 Å². The van der Waals surface area contributed by atoms with Crippen molar-refractivity contribution in [3.63, 3.8) is 0 Å². The Kier molecular flexibility index (Phi) is 6.81. The molecule has 1 atom stereocenters. The van der Waals surface area contributed by atoms with E-state index in [0.29, 0.717) is 17.3 Å². The molecule has 0 spiro atoms. The zero-order chi connectivity index (χ0) is 17.1. The van der Waals surface area contributed by atoms with Crippen molar-refractivity contribution >= 4 is 29.9 Å². The highest BCUT2D eigenvalue weighted by molar-refractivity contribution is 6.30. The van der Waals surface area contributed by atoms with Crippen LogP contribution in [0.25, 0.3) is 5.69 Å². The minimum absolute atomic E-state index is 0. The number of nitrogens with zero attached hydrogens (tertiary/aromatic N) is 4. The van der Waals surface area contributed by atoms with Crippen LogP contribution in [-0.4, -0.2) is 44.9 Å². The van der Waals surface area contributed by atoms with Crippen molar-refractivity contribution in [1.29, 1.82) is 0 Å². The lowest BCUT2D eigenvalue weighted by Gasteiger charge is -2.30. The summed E-state index contributed by atoms with van der Waals surface area (Å²) in [6.07, 6.45) is 3.51. The van der Waals surface area contributed by atoms with Crippen LogP contribution in [-0.2, 0) is 6.42 Å². The van der Waals surface area contributed by atoms with Gasteiger partial charge in [-0.2, -0.15) is 0 Å². The van der Waals surface area contributed by atoms with Crippen molar-refractivity contribution in [3.05, 3.63) is 40.7 Å². The predicted octanol–water partition coefficient (Wildman–Crippen LogP) is 2.86. The lowest BCUT2D eigenvalue weighted by Crippen LogP contribution is -2.46. The summed E-state index contributed by atoms with van der Waals surface area (Å²) in [5, 5.41) is 9.01. The number of aromatic nitrogens is 3. The van der Waals surface area contributed by atoms with Gasteiger partial charge in [0.1, 0.15) is 0 Å². The number of nitrogens with two attached hydrogens (primary N) is 1. The number of likely N-dealkylation sites (tertiary alicyclic amines) is 1. The number of piperidine rings is 1. The number of amides is 1. The molecule has 0 saturated carbocycles. The quantitative estimate of drug-likeness (QED) is 0.880. The molecule has 1 aromatic heterocycles. The van der Waals surface area contributed by atoms with Gasteiger partial charge >= 0.3 is 0 Å². The van der Waals surface area contributed by atoms with E-state index >= 15 is 0 Å². The number of benzene rings is 1. The van der Waals surface area contributed by atoms with Gasteiger partial charge in [-0.1, -0.05) is 36.2 Å². The van der Waals surface area contributed by atoms with Gasteiger partial charge < -0.3 is 10.6 Å². The summed E-state index contributed by atoms with van der Waals surface area (Å²) in [6, 6.07) is 7.44. The Labute approximate surface area is 158 Å². The molecule has 8 heteroatoms. The van der Waals surface area contributed by atoms with E-state index in [1.54, 1.807) is 9.58 Å². The van der Waals surface area contributed by atoms with Crippen molar-refractivity contribution in [2.75, 3.05) is 13.1 Å². The van der Waals surface area contributed by atoms with Crippen LogP contribution in [0.15, 0.2) is 24.3 Å². The summed E-state index contributed by atoms with van der Waals surface area (Å²) in [4.78, 5) is 14.7. The van der Waals surface area contributed by atoms with Crippen LogP contribution in [0.3, 0.4) is 0 Å². The molecule has 1 fully saturated rings. The zero-order valence-corrected chi connectivity index (χ0v) is 15.8. The van der Waals surface area contributed by atoms with E-state index in [4.69, 9.17) is 17.3 Å². The molecule has 136 valence electrons. The van der Waals surface area contributed by atoms with Gasteiger partial charge in [0.05, 0.1) is 11.4 Å². The molecule has 1 saturated heterocycles. The fourth-order valence-electron chi connectivity index (χ4n) is 3.09. The van der Waals surface area contributed by atoms with Crippen molar-refractivity contribution in [2.24, 2.45) is 5.73 Å². The molecular weight excluding hydrogens is 361 g/mol. The van der Waals surface area contributed by atoms with Gasteiger partial charge in [0, 0.05) is 24.2 Å². The third-order valence-corrected chi connectivity index (χ3v) is 4.49. The molecule has 2 heterocycles. The lowest BCUT2D eigenvalue weighted by molar-refractivity contribution is 0.0701. The largest absolute Gasteiger partial charge is 0.336 e. The van der Waals surface area contributed by atoms with Crippen molar-refractivity contribution in [2.45, 2.75) is 38.6 Å². The summed E-state index contributed by atoms with van der Waals surface area (Å²) >= 11 is 6.08. The molecule has 0 bridgehead atoms. The lowest BCUT2D eigenvalue weighted by atomic mass is 10.1. The highest BCUT2D eigenvalue weighted by atomic mass is 35.5. The normalized spacial score (nSPS) is 17.2. The molecule has 1 aliphatic rings. The summed E-state index contributed by atoms with van der Waals surface area (Å²) in [7, 11) is 0. The van der Waals surface area contributed by atoms with Crippen LogP contribution in [0.2, 0.25) is 5.02 Å². The first-order valence-electron chi connectivity index (χ1n) is 8.35. The number of hydrogen-bond donors (Lipinski definition) is 1. The van der Waals surface area contributed by atoms with Gasteiger partial charge in [-0.05, 0) is 37.5 Å². The van der Waals surface area contributed by atoms with Crippen LogP contribution < -0.4 is 5.73 Å². The number of carbonyl (C=O) groups excluding carboxylic acids is 1. The number of carbonyl (C=O) groups is 1. The fraction of sp³-hybridized carbons (Fsp3) is 0.471. The first kappa shape index (κ1) is 19.7. The van der Waals surface area contributed by atoms with Crippen LogP contribution in [0.4, 0.5) is 0 Å². The van der Waals surface area contributed by atoms with Gasteiger partial charge in [0.15, 0.2) is 5.69 Å². The second-order valence-electron chi connectivity index (χ2n) is 6.18. The Morgan fingerprint density at radius 2 is 2.24 bits per heavy atom. The minimum Gasteiger partial charge on any atom is -0.336 e. The maximum absolute atomic E-state index is 12.9. The molecule has 2 N–H and O–H groups in total. The molecule has 3 rings (SSSR count). The van der Waals surface area contributed by atoms with Gasteiger partial charge in [-0.3, -0.25) is 4.79 Å². The van der Waals surface area contributed by atoms with E-state index in [1.807, 2.05) is 24.3 Å². The number of hydrogen-bond acceptors (Lipinski definition) is 4. The standard InChI is InChI=1S/C17H22ClN5O.ClH/c1-2-5-15-16(17(24)22-9-4-7-13(19)11-22)20-21-23(15)14-8-3-6-12(18)10-14;/h3,6,8,10,13H,2,4-5,7,9,11,19H2,1H3;1H. The first-order valence-corrected chi connectivity index (χ1v) is 8.73. The second-order valence-corrected chi connectivity index (χ2v) is 6.62. The SMILES string of the molecule is CCCc1c(C(=O)N2CCCC(N)C2)nnn1-c1cccc(Cl)c1.Cl. The smallest absolute Gasteiger partial charge is 0.276 e. The molecule has 1 amide bonds. The second kappa shape index (κ2) is 8.65. The van der Waals surface area contributed by atoms with Crippen LogP contribution in [0, 0.1) is 0 Å². The van der Waals surface area contributed by atoms with Crippen LogP contribution in [0.1, 0.15) is 42.4 Å². The Hall–Kier alpha value is -1.63. The minimum atomic E-state index is -0.0816. The highest BCUT2D eigenvalue weighted by Gasteiger charge is 2.27. The van der Waals surface area contributed by atoms with Gasteiger partial charge in [-0.15, -0.1) is 17.5 Å². The van der Waals surface area contributed by atoms with E-state index in [9.17, 15) is 4.79 Å². The third kappa shape index (κ3) is 4.32. The number of rotatable bonds is 4. The van der Waals surface area contributed by atoms with Crippen molar-refractivity contribution < 1.29 is 4.79 Å². The van der Waals surface area contributed by atoms with Crippen LogP contribution in [0.5, 0.6) is 0 Å². The zero-order valence-electron chi connectivity index (χ0n) is 14.2. The fourth-order valence-corrected chi connectivity index (χ4v) is 3.27. The van der Waals surface area contributed by atoms with E-state index in [1.165, 1.54) is 0 Å². The third-order valence-electron chi connectivity index (χ3n) is 4.25. The molecule has 1 unspecified atom stereocenters. The van der Waals surface area contributed by atoms with Crippen LogP contribution >= 0.6 is 24.0 Å². The summed E-state index contributed by atoms with van der Waals surface area (Å²) in [5.41, 5.74) is 8.06. The monoisotopic (exact) mass is 383 g/mol. The average molecular weight is 384 g/mol. The molecule has 25 heavy (non-hydrogen) atoms. The topological polar surface area (TPSA) is 77.0 Å². The van der Waals surface area contributed by atoms with E-state index in [0.717, 1.165) is 43.6 Å². The molecule has 0 aliphatic carbocycles.